The lowest BCUT2D eigenvalue weighted by Gasteiger charge is -2.23. The number of likely N-dealkylation sites (N-methyl/N-ethyl adjacent to an activating group) is 1. The lowest BCUT2D eigenvalue weighted by molar-refractivity contribution is 0.277. The third-order valence-corrected chi connectivity index (χ3v) is 5.00. The first-order chi connectivity index (χ1) is 10.2. The molecule has 1 fully saturated rings. The molecule has 1 aliphatic heterocycles. The summed E-state index contributed by atoms with van der Waals surface area (Å²) in [4.78, 5) is 13.6. The molecule has 4 N–H and O–H groups in total. The molecular weight excluding hydrogens is 284 g/mol. The molecule has 1 saturated heterocycles. The highest BCUT2D eigenvalue weighted by molar-refractivity contribution is 7.18. The number of likely N-dealkylation sites (tertiary alicyclic amines) is 1. The minimum absolute atomic E-state index is 0.464. The second-order valence-corrected chi connectivity index (χ2v) is 6.66. The number of fused-ring (bicyclic) bond motifs is 1. The highest BCUT2D eigenvalue weighted by Gasteiger charge is 2.23. The fourth-order valence-electron chi connectivity index (χ4n) is 3.00. The number of hydrogen-bond acceptors (Lipinski definition) is 7. The largest absolute Gasteiger partial charge is 0.368 e. The van der Waals surface area contributed by atoms with Gasteiger partial charge >= 0.3 is 0 Å². The fourth-order valence-corrected chi connectivity index (χ4v) is 3.88. The van der Waals surface area contributed by atoms with Crippen molar-refractivity contribution in [3.63, 3.8) is 0 Å². The van der Waals surface area contributed by atoms with Crippen LogP contribution in [-0.4, -0.2) is 40.5 Å². The summed E-state index contributed by atoms with van der Waals surface area (Å²) in [6.07, 6.45) is 2.53. The summed E-state index contributed by atoms with van der Waals surface area (Å²) in [7, 11) is 0. The fraction of sp³-hybridized carbons (Fsp3) is 0.571. The van der Waals surface area contributed by atoms with Gasteiger partial charge in [0.25, 0.3) is 0 Å². The lowest BCUT2D eigenvalue weighted by atomic mass is 10.2. The first-order valence-electron chi connectivity index (χ1n) is 7.44. The zero-order valence-electron chi connectivity index (χ0n) is 12.5. The average molecular weight is 306 g/mol. The van der Waals surface area contributed by atoms with Gasteiger partial charge in [-0.25, -0.2) is 10.8 Å². The van der Waals surface area contributed by atoms with Crippen LogP contribution < -0.4 is 16.6 Å². The molecule has 2 aromatic heterocycles. The van der Waals surface area contributed by atoms with E-state index in [1.54, 1.807) is 11.3 Å². The molecule has 0 radical (unpaired) electrons. The first kappa shape index (κ1) is 14.5. The van der Waals surface area contributed by atoms with Gasteiger partial charge in [0.15, 0.2) is 0 Å². The van der Waals surface area contributed by atoms with Crippen LogP contribution in [0, 0.1) is 6.92 Å². The molecule has 2 aromatic rings. The molecule has 0 amide bonds. The normalized spacial score (nSPS) is 19.3. The topological polar surface area (TPSA) is 79.1 Å². The zero-order valence-corrected chi connectivity index (χ0v) is 13.3. The third kappa shape index (κ3) is 2.95. The Morgan fingerprint density at radius 1 is 1.48 bits per heavy atom. The molecule has 1 atom stereocenters. The van der Waals surface area contributed by atoms with Gasteiger partial charge in [0.2, 0.25) is 5.95 Å². The Bertz CT molecular complexity index is 625. The molecular formula is C14H22N6S. The van der Waals surface area contributed by atoms with Crippen LogP contribution in [-0.2, 0) is 0 Å². The number of aromatic nitrogens is 2. The van der Waals surface area contributed by atoms with Crippen LogP contribution in [0.15, 0.2) is 6.07 Å². The van der Waals surface area contributed by atoms with Gasteiger partial charge in [-0.2, -0.15) is 4.98 Å². The van der Waals surface area contributed by atoms with Crippen LogP contribution in [0.5, 0.6) is 0 Å². The van der Waals surface area contributed by atoms with E-state index < -0.39 is 0 Å². The van der Waals surface area contributed by atoms with Crippen molar-refractivity contribution in [1.29, 1.82) is 0 Å². The van der Waals surface area contributed by atoms with Gasteiger partial charge in [-0.15, -0.1) is 11.3 Å². The molecule has 0 saturated carbocycles. The number of anilines is 2. The van der Waals surface area contributed by atoms with Crippen molar-refractivity contribution in [3.8, 4) is 0 Å². The minimum Gasteiger partial charge on any atom is -0.368 e. The summed E-state index contributed by atoms with van der Waals surface area (Å²) in [5.41, 5.74) is 2.55. The van der Waals surface area contributed by atoms with Crippen LogP contribution in [0.3, 0.4) is 0 Å². The number of hydrogen-bond donors (Lipinski definition) is 3. The van der Waals surface area contributed by atoms with Gasteiger partial charge < -0.3 is 5.32 Å². The number of rotatable bonds is 5. The van der Waals surface area contributed by atoms with E-state index in [-0.39, 0.29) is 0 Å². The predicted molar refractivity (Wildman–Crippen MR) is 88.7 cm³/mol. The second-order valence-electron chi connectivity index (χ2n) is 5.42. The van der Waals surface area contributed by atoms with Gasteiger partial charge in [-0.1, -0.05) is 6.92 Å². The van der Waals surface area contributed by atoms with Gasteiger partial charge in [0, 0.05) is 17.5 Å². The molecule has 114 valence electrons. The molecule has 1 aliphatic rings. The van der Waals surface area contributed by atoms with Crippen molar-refractivity contribution >= 4 is 33.3 Å². The smallest absolute Gasteiger partial charge is 0.240 e. The first-order valence-corrected chi connectivity index (χ1v) is 8.25. The summed E-state index contributed by atoms with van der Waals surface area (Å²) >= 11 is 1.66. The molecule has 0 spiro atoms. The molecule has 0 bridgehead atoms. The molecule has 6 nitrogen and oxygen atoms in total. The summed E-state index contributed by atoms with van der Waals surface area (Å²) in [5, 5.41) is 4.58. The number of thiophene rings is 1. The Hall–Kier alpha value is -1.44. The van der Waals surface area contributed by atoms with Crippen LogP contribution in [0.25, 0.3) is 10.2 Å². The molecule has 0 aromatic carbocycles. The summed E-state index contributed by atoms with van der Waals surface area (Å²) < 4.78 is 0. The number of aryl methyl sites for hydroxylation is 1. The summed E-state index contributed by atoms with van der Waals surface area (Å²) in [6, 6.07) is 2.73. The van der Waals surface area contributed by atoms with Gasteiger partial charge in [-0.3, -0.25) is 10.3 Å². The third-order valence-electron chi connectivity index (χ3n) is 4.06. The Kier molecular flexibility index (Phi) is 4.23. The van der Waals surface area contributed by atoms with Gasteiger partial charge in [0.05, 0.1) is 5.39 Å². The van der Waals surface area contributed by atoms with E-state index in [4.69, 9.17) is 5.84 Å². The Balaban J connectivity index is 1.82. The number of nitrogens with zero attached hydrogens (tertiary/aromatic N) is 3. The molecule has 21 heavy (non-hydrogen) atoms. The summed E-state index contributed by atoms with van der Waals surface area (Å²) in [5.74, 6) is 6.81. The van der Waals surface area contributed by atoms with E-state index in [9.17, 15) is 0 Å². The van der Waals surface area contributed by atoms with Crippen molar-refractivity contribution in [1.82, 2.24) is 14.9 Å². The number of nitrogens with two attached hydrogens (primary N) is 1. The highest BCUT2D eigenvalue weighted by Crippen LogP contribution is 2.29. The van der Waals surface area contributed by atoms with Crippen LogP contribution in [0.4, 0.5) is 11.8 Å². The minimum atomic E-state index is 0.464. The van der Waals surface area contributed by atoms with E-state index in [0.717, 1.165) is 29.1 Å². The Labute approximate surface area is 128 Å². The van der Waals surface area contributed by atoms with Crippen molar-refractivity contribution in [2.24, 2.45) is 5.84 Å². The Morgan fingerprint density at radius 3 is 3.10 bits per heavy atom. The maximum absolute atomic E-state index is 5.47. The van der Waals surface area contributed by atoms with E-state index in [1.165, 1.54) is 24.3 Å². The number of nitrogens with one attached hydrogen (secondary N) is 2. The quantitative estimate of drug-likeness (QED) is 0.580. The standard InChI is InChI=1S/C14H22N6S/c1-3-20-6-4-5-10(20)8-16-12-11-7-9(2)21-13(11)18-14(17-12)19-15/h7,10H,3-6,8,15H2,1-2H3,(H2,16,17,18,19). The molecule has 7 heteroatoms. The Morgan fingerprint density at radius 2 is 2.33 bits per heavy atom. The lowest BCUT2D eigenvalue weighted by Crippen LogP contribution is -2.34. The van der Waals surface area contributed by atoms with Gasteiger partial charge in [0.1, 0.15) is 10.6 Å². The predicted octanol–water partition coefficient (Wildman–Crippen LogP) is 2.18. The molecule has 3 heterocycles. The monoisotopic (exact) mass is 306 g/mol. The van der Waals surface area contributed by atoms with E-state index >= 15 is 0 Å². The summed E-state index contributed by atoms with van der Waals surface area (Å²) in [6.45, 7) is 7.54. The van der Waals surface area contributed by atoms with Crippen molar-refractivity contribution in [2.45, 2.75) is 32.7 Å². The van der Waals surface area contributed by atoms with Crippen molar-refractivity contribution < 1.29 is 0 Å². The van der Waals surface area contributed by atoms with E-state index in [0.29, 0.717) is 12.0 Å². The van der Waals surface area contributed by atoms with Crippen LogP contribution in [0.2, 0.25) is 0 Å². The van der Waals surface area contributed by atoms with Crippen LogP contribution in [0.1, 0.15) is 24.6 Å². The van der Waals surface area contributed by atoms with Crippen molar-refractivity contribution in [3.05, 3.63) is 10.9 Å². The molecule has 1 unspecified atom stereocenters. The zero-order chi connectivity index (χ0) is 14.8. The maximum Gasteiger partial charge on any atom is 0.240 e. The molecule has 0 aliphatic carbocycles. The second kappa shape index (κ2) is 6.13. The van der Waals surface area contributed by atoms with Crippen molar-refractivity contribution in [2.75, 3.05) is 30.4 Å². The SMILES string of the molecule is CCN1CCCC1CNc1nc(NN)nc2sc(C)cc12. The van der Waals surface area contributed by atoms with Crippen LogP contribution >= 0.6 is 11.3 Å². The maximum atomic E-state index is 5.47. The molecule has 3 rings (SSSR count). The average Bonchev–Trinajstić information content (AvgIpc) is 3.09. The van der Waals surface area contributed by atoms with E-state index in [1.807, 2.05) is 0 Å². The van der Waals surface area contributed by atoms with E-state index in [2.05, 4.69) is 45.5 Å². The van der Waals surface area contributed by atoms with Gasteiger partial charge in [-0.05, 0) is 38.9 Å². The number of hydrazine groups is 1. The highest BCUT2D eigenvalue weighted by atomic mass is 32.1. The number of nitrogen functional groups attached to an aromatic ring is 1.